The molecule has 0 saturated carbocycles. The quantitative estimate of drug-likeness (QED) is 0.693. The summed E-state index contributed by atoms with van der Waals surface area (Å²) in [5, 5.41) is 7.68. The molecule has 4 heteroatoms. The number of aromatic nitrogens is 1. The lowest BCUT2D eigenvalue weighted by Crippen LogP contribution is -2.20. The van der Waals surface area contributed by atoms with Gasteiger partial charge in [0.2, 0.25) is 0 Å². The Morgan fingerprint density at radius 1 is 0.962 bits per heavy atom. The number of nitrogens with zero attached hydrogens (tertiary/aromatic N) is 2. The molecule has 3 aromatic rings. The Bertz CT molecular complexity index is 918. The minimum Gasteiger partial charge on any atom is -0.391 e. The van der Waals surface area contributed by atoms with Crippen LogP contribution in [0.4, 0.5) is 5.82 Å². The number of rotatable bonds is 4. The maximum absolute atomic E-state index is 5.62. The third kappa shape index (κ3) is 3.59. The third-order valence-electron chi connectivity index (χ3n) is 4.47. The molecule has 4 rings (SSSR count). The molecule has 0 bridgehead atoms. The summed E-state index contributed by atoms with van der Waals surface area (Å²) in [4.78, 5) is 10.1. The Morgan fingerprint density at radius 3 is 2.54 bits per heavy atom. The first-order valence-electron chi connectivity index (χ1n) is 8.85. The van der Waals surface area contributed by atoms with Gasteiger partial charge in [0.05, 0.1) is 5.71 Å². The Morgan fingerprint density at radius 2 is 1.73 bits per heavy atom. The van der Waals surface area contributed by atoms with Gasteiger partial charge < -0.3 is 10.2 Å². The Labute approximate surface area is 153 Å². The van der Waals surface area contributed by atoms with Gasteiger partial charge in [-0.15, -0.1) is 0 Å². The number of oxime groups is 1. The largest absolute Gasteiger partial charge is 0.391 e. The Hall–Kier alpha value is -3.14. The average Bonchev–Trinajstić information content (AvgIpc) is 2.69. The van der Waals surface area contributed by atoms with Crippen molar-refractivity contribution in [3.63, 3.8) is 0 Å². The summed E-state index contributed by atoms with van der Waals surface area (Å²) < 4.78 is 0. The topological polar surface area (TPSA) is 46.5 Å². The third-order valence-corrected chi connectivity index (χ3v) is 4.47. The normalized spacial score (nSPS) is 14.6. The molecule has 0 saturated heterocycles. The summed E-state index contributed by atoms with van der Waals surface area (Å²) in [7, 11) is 0. The van der Waals surface area contributed by atoms with E-state index < -0.39 is 0 Å². The number of hydrogen-bond acceptors (Lipinski definition) is 4. The average molecular weight is 343 g/mol. The summed E-state index contributed by atoms with van der Waals surface area (Å²) in [6.45, 7) is 3.28. The first kappa shape index (κ1) is 16.3. The lowest BCUT2D eigenvalue weighted by atomic mass is 10.0. The number of benzene rings is 2. The number of nitrogens with one attached hydrogen (secondary N) is 1. The van der Waals surface area contributed by atoms with Crippen LogP contribution in [-0.4, -0.2) is 17.2 Å². The predicted molar refractivity (Wildman–Crippen MR) is 105 cm³/mol. The highest BCUT2D eigenvalue weighted by Gasteiger charge is 2.16. The van der Waals surface area contributed by atoms with Gasteiger partial charge >= 0.3 is 0 Å². The van der Waals surface area contributed by atoms with Crippen molar-refractivity contribution in [1.29, 1.82) is 0 Å². The summed E-state index contributed by atoms with van der Waals surface area (Å²) in [5.74, 6) is 0.894. The minimum atomic E-state index is 0.459. The number of hydrogen-bond donors (Lipinski definition) is 1. The molecule has 26 heavy (non-hydrogen) atoms. The van der Waals surface area contributed by atoms with E-state index in [2.05, 4.69) is 70.1 Å². The number of pyridine rings is 1. The molecule has 130 valence electrons. The van der Waals surface area contributed by atoms with Crippen molar-refractivity contribution in [3.05, 3.63) is 83.6 Å². The molecule has 2 heterocycles. The highest BCUT2D eigenvalue weighted by molar-refractivity contribution is 6.05. The smallest absolute Gasteiger partial charge is 0.142 e. The monoisotopic (exact) mass is 343 g/mol. The van der Waals surface area contributed by atoms with Crippen molar-refractivity contribution in [2.45, 2.75) is 20.0 Å². The number of anilines is 1. The van der Waals surface area contributed by atoms with Crippen LogP contribution in [0.3, 0.4) is 0 Å². The lowest BCUT2D eigenvalue weighted by molar-refractivity contribution is 0.130. The molecule has 1 N–H and O–H groups in total. The second-order valence-corrected chi connectivity index (χ2v) is 6.40. The van der Waals surface area contributed by atoms with Gasteiger partial charge in [-0.05, 0) is 35.7 Å². The van der Waals surface area contributed by atoms with Crippen molar-refractivity contribution >= 4 is 11.5 Å². The zero-order chi connectivity index (χ0) is 17.8. The molecule has 0 radical (unpaired) electrons. The van der Waals surface area contributed by atoms with Gasteiger partial charge in [0, 0.05) is 24.2 Å². The molecular weight excluding hydrogens is 322 g/mol. The van der Waals surface area contributed by atoms with Crippen LogP contribution in [-0.2, 0) is 11.4 Å². The highest BCUT2D eigenvalue weighted by Crippen LogP contribution is 2.22. The standard InChI is InChI=1S/C22H21N3O/c1-16-7-12-20-21(13-14-23-22(20)24-16)25-26-15-17-8-10-19(11-9-17)18-5-3-2-4-6-18/h2-12H,13-15H2,1H3,(H,23,24)/b25-21+. The molecule has 0 atom stereocenters. The van der Waals surface area contributed by atoms with E-state index in [0.29, 0.717) is 6.61 Å². The number of fused-ring (bicyclic) bond motifs is 1. The van der Waals surface area contributed by atoms with E-state index >= 15 is 0 Å². The van der Waals surface area contributed by atoms with Crippen LogP contribution in [0.15, 0.2) is 71.9 Å². The first-order chi connectivity index (χ1) is 12.8. The van der Waals surface area contributed by atoms with Gasteiger partial charge in [-0.1, -0.05) is 59.8 Å². The molecule has 2 aromatic carbocycles. The number of aryl methyl sites for hydroxylation is 1. The van der Waals surface area contributed by atoms with Crippen LogP contribution in [0.25, 0.3) is 11.1 Å². The molecule has 0 spiro atoms. The van der Waals surface area contributed by atoms with Crippen LogP contribution >= 0.6 is 0 Å². The van der Waals surface area contributed by atoms with E-state index in [1.54, 1.807) is 0 Å². The maximum atomic E-state index is 5.62. The highest BCUT2D eigenvalue weighted by atomic mass is 16.6. The van der Waals surface area contributed by atoms with Gasteiger partial charge in [0.25, 0.3) is 0 Å². The van der Waals surface area contributed by atoms with Crippen LogP contribution in [0, 0.1) is 6.92 Å². The molecule has 0 fully saturated rings. The van der Waals surface area contributed by atoms with E-state index in [1.165, 1.54) is 11.1 Å². The second kappa shape index (κ2) is 7.40. The maximum Gasteiger partial charge on any atom is 0.142 e. The van der Waals surface area contributed by atoms with E-state index in [0.717, 1.165) is 41.3 Å². The van der Waals surface area contributed by atoms with Crippen LogP contribution in [0.2, 0.25) is 0 Å². The van der Waals surface area contributed by atoms with Crippen LogP contribution in [0.5, 0.6) is 0 Å². The Balaban J connectivity index is 1.43. The molecule has 0 unspecified atom stereocenters. The second-order valence-electron chi connectivity index (χ2n) is 6.40. The summed E-state index contributed by atoms with van der Waals surface area (Å²) >= 11 is 0. The SMILES string of the molecule is Cc1ccc2c(n1)NCC/C2=N\OCc1ccc(-c2ccccc2)cc1. The molecule has 1 aromatic heterocycles. The van der Waals surface area contributed by atoms with E-state index in [4.69, 9.17) is 4.84 Å². The minimum absolute atomic E-state index is 0.459. The molecular formula is C22H21N3O. The molecule has 4 nitrogen and oxygen atoms in total. The summed E-state index contributed by atoms with van der Waals surface area (Å²) in [6, 6.07) is 22.8. The molecule has 0 amide bonds. The summed E-state index contributed by atoms with van der Waals surface area (Å²) in [6.07, 6.45) is 0.838. The Kier molecular flexibility index (Phi) is 4.65. The van der Waals surface area contributed by atoms with Crippen molar-refractivity contribution in [2.75, 3.05) is 11.9 Å². The molecule has 1 aliphatic rings. The van der Waals surface area contributed by atoms with E-state index in [-0.39, 0.29) is 0 Å². The molecule has 1 aliphatic heterocycles. The van der Waals surface area contributed by atoms with Gasteiger partial charge in [-0.3, -0.25) is 0 Å². The zero-order valence-corrected chi connectivity index (χ0v) is 14.8. The van der Waals surface area contributed by atoms with E-state index in [1.807, 2.05) is 19.1 Å². The van der Waals surface area contributed by atoms with E-state index in [9.17, 15) is 0 Å². The fraction of sp³-hybridized carbons (Fsp3) is 0.182. The molecule has 0 aliphatic carbocycles. The summed E-state index contributed by atoms with van der Waals surface area (Å²) in [5.41, 5.74) is 6.50. The van der Waals surface area contributed by atoms with Crippen LogP contribution in [0.1, 0.15) is 23.2 Å². The van der Waals surface area contributed by atoms with Gasteiger partial charge in [0.1, 0.15) is 12.4 Å². The van der Waals surface area contributed by atoms with Crippen molar-refractivity contribution in [1.82, 2.24) is 4.98 Å². The van der Waals surface area contributed by atoms with Crippen molar-refractivity contribution in [2.24, 2.45) is 5.16 Å². The first-order valence-corrected chi connectivity index (χ1v) is 8.85. The fourth-order valence-electron chi connectivity index (χ4n) is 3.06. The van der Waals surface area contributed by atoms with Gasteiger partial charge in [-0.2, -0.15) is 0 Å². The van der Waals surface area contributed by atoms with Crippen LogP contribution < -0.4 is 5.32 Å². The fourth-order valence-corrected chi connectivity index (χ4v) is 3.06. The predicted octanol–water partition coefficient (Wildman–Crippen LogP) is 4.79. The van der Waals surface area contributed by atoms with Crippen molar-refractivity contribution < 1.29 is 4.84 Å². The zero-order valence-electron chi connectivity index (χ0n) is 14.8. The van der Waals surface area contributed by atoms with Gasteiger partial charge in [-0.25, -0.2) is 4.98 Å². The lowest BCUT2D eigenvalue weighted by Gasteiger charge is -2.18. The van der Waals surface area contributed by atoms with Crippen molar-refractivity contribution in [3.8, 4) is 11.1 Å². The van der Waals surface area contributed by atoms with Gasteiger partial charge in [0.15, 0.2) is 0 Å².